The maximum Gasteiger partial charge on any atom is 0.0610 e. The van der Waals surface area contributed by atoms with Crippen molar-refractivity contribution < 1.29 is 5.11 Å². The summed E-state index contributed by atoms with van der Waals surface area (Å²) in [6.07, 6.45) is 4.46. The normalized spacial score (nSPS) is 14.5. The molecule has 0 radical (unpaired) electrons. The molecule has 0 aliphatic carbocycles. The first-order valence-corrected chi connectivity index (χ1v) is 6.60. The number of rotatable bonds is 8. The second kappa shape index (κ2) is 7.46. The fourth-order valence-corrected chi connectivity index (χ4v) is 1.78. The molecule has 1 atom stereocenters. The first-order chi connectivity index (χ1) is 8.20. The summed E-state index contributed by atoms with van der Waals surface area (Å²) >= 11 is 0. The maximum atomic E-state index is 9.26. The zero-order chi connectivity index (χ0) is 12.6. The van der Waals surface area contributed by atoms with E-state index in [-0.39, 0.29) is 12.1 Å². The Kier molecular flexibility index (Phi) is 6.23. The van der Waals surface area contributed by atoms with E-state index in [1.165, 1.54) is 12.0 Å². The molecule has 0 fully saturated rings. The van der Waals surface area contributed by atoms with Crippen molar-refractivity contribution in [2.75, 3.05) is 13.2 Å². The summed E-state index contributed by atoms with van der Waals surface area (Å²) in [5, 5.41) is 12.7. The van der Waals surface area contributed by atoms with E-state index < -0.39 is 0 Å². The maximum absolute atomic E-state index is 9.26. The molecule has 2 heteroatoms. The predicted octanol–water partition coefficient (Wildman–Crippen LogP) is 2.76. The van der Waals surface area contributed by atoms with Crippen LogP contribution in [0.15, 0.2) is 30.3 Å². The minimum atomic E-state index is -0.104. The zero-order valence-corrected chi connectivity index (χ0v) is 11.1. The van der Waals surface area contributed by atoms with Gasteiger partial charge in [-0.05, 0) is 44.7 Å². The van der Waals surface area contributed by atoms with Gasteiger partial charge in [-0.15, -0.1) is 0 Å². The van der Waals surface area contributed by atoms with Gasteiger partial charge in [0.05, 0.1) is 6.61 Å². The Labute approximate surface area is 105 Å². The highest BCUT2D eigenvalue weighted by Gasteiger charge is 2.18. The molecule has 0 amide bonds. The molecule has 2 nitrogen and oxygen atoms in total. The topological polar surface area (TPSA) is 32.3 Å². The number of hydrogen-bond donors (Lipinski definition) is 2. The highest BCUT2D eigenvalue weighted by molar-refractivity contribution is 5.14. The first kappa shape index (κ1) is 14.2. The summed E-state index contributed by atoms with van der Waals surface area (Å²) in [5.74, 6) is 0. The van der Waals surface area contributed by atoms with E-state index in [9.17, 15) is 5.11 Å². The van der Waals surface area contributed by atoms with Gasteiger partial charge in [0.1, 0.15) is 0 Å². The number of unbranched alkanes of at least 4 members (excludes halogenated alkanes) is 1. The van der Waals surface area contributed by atoms with Crippen molar-refractivity contribution in [3.8, 4) is 0 Å². The third-order valence-corrected chi connectivity index (χ3v) is 3.42. The second-order valence-corrected chi connectivity index (χ2v) is 4.94. The molecular weight excluding hydrogens is 210 g/mol. The van der Waals surface area contributed by atoms with Crippen molar-refractivity contribution in [2.24, 2.45) is 0 Å². The lowest BCUT2D eigenvalue weighted by Crippen LogP contribution is -2.45. The Morgan fingerprint density at radius 1 is 1.18 bits per heavy atom. The van der Waals surface area contributed by atoms with Gasteiger partial charge in [-0.25, -0.2) is 0 Å². The summed E-state index contributed by atoms with van der Waals surface area (Å²) in [6, 6.07) is 10.6. The Balaban J connectivity index is 2.13. The quantitative estimate of drug-likeness (QED) is 0.679. The predicted molar refractivity (Wildman–Crippen MR) is 73.2 cm³/mol. The van der Waals surface area contributed by atoms with Crippen LogP contribution < -0.4 is 5.32 Å². The highest BCUT2D eigenvalue weighted by atomic mass is 16.3. The molecule has 0 saturated heterocycles. The van der Waals surface area contributed by atoms with Crippen molar-refractivity contribution in [3.05, 3.63) is 35.9 Å². The van der Waals surface area contributed by atoms with Crippen LogP contribution in [-0.4, -0.2) is 23.8 Å². The van der Waals surface area contributed by atoms with Crippen LogP contribution in [0.3, 0.4) is 0 Å². The Morgan fingerprint density at radius 2 is 1.88 bits per heavy atom. The number of hydrogen-bond acceptors (Lipinski definition) is 2. The molecule has 17 heavy (non-hydrogen) atoms. The minimum Gasteiger partial charge on any atom is -0.394 e. The molecule has 1 rings (SSSR count). The average Bonchev–Trinajstić information content (AvgIpc) is 2.39. The molecule has 2 N–H and O–H groups in total. The highest BCUT2D eigenvalue weighted by Crippen LogP contribution is 2.08. The summed E-state index contributed by atoms with van der Waals surface area (Å²) in [5.41, 5.74) is 1.31. The SMILES string of the molecule is CCC(C)(CO)NCCCCc1ccccc1. The third kappa shape index (κ3) is 5.33. The molecule has 0 aliphatic heterocycles. The minimum absolute atomic E-state index is 0.104. The van der Waals surface area contributed by atoms with Crippen LogP contribution in [0.4, 0.5) is 0 Å². The number of benzene rings is 1. The van der Waals surface area contributed by atoms with Crippen molar-refractivity contribution >= 4 is 0 Å². The van der Waals surface area contributed by atoms with Crippen LogP contribution in [0.25, 0.3) is 0 Å². The molecule has 0 heterocycles. The monoisotopic (exact) mass is 235 g/mol. The van der Waals surface area contributed by atoms with Gasteiger partial charge >= 0.3 is 0 Å². The molecule has 0 aliphatic rings. The zero-order valence-electron chi connectivity index (χ0n) is 11.1. The van der Waals surface area contributed by atoms with Gasteiger partial charge in [0.2, 0.25) is 0 Å². The van der Waals surface area contributed by atoms with E-state index in [0.717, 1.165) is 25.8 Å². The largest absolute Gasteiger partial charge is 0.394 e. The first-order valence-electron chi connectivity index (χ1n) is 6.60. The van der Waals surface area contributed by atoms with Gasteiger partial charge in [0.25, 0.3) is 0 Å². The summed E-state index contributed by atoms with van der Waals surface area (Å²) in [4.78, 5) is 0. The Bertz CT molecular complexity index is 293. The van der Waals surface area contributed by atoms with E-state index >= 15 is 0 Å². The molecule has 96 valence electrons. The van der Waals surface area contributed by atoms with Crippen molar-refractivity contribution in [2.45, 2.75) is 45.1 Å². The van der Waals surface area contributed by atoms with Gasteiger partial charge in [0, 0.05) is 5.54 Å². The fourth-order valence-electron chi connectivity index (χ4n) is 1.78. The standard InChI is InChI=1S/C15H25NO/c1-3-15(2,13-17)16-12-8-7-11-14-9-5-4-6-10-14/h4-6,9-10,16-17H,3,7-8,11-13H2,1-2H3. The van der Waals surface area contributed by atoms with Crippen LogP contribution in [0.2, 0.25) is 0 Å². The van der Waals surface area contributed by atoms with E-state index in [1.807, 2.05) is 0 Å². The lowest BCUT2D eigenvalue weighted by molar-refractivity contribution is 0.170. The van der Waals surface area contributed by atoms with Gasteiger partial charge in [-0.1, -0.05) is 37.3 Å². The van der Waals surface area contributed by atoms with Crippen LogP contribution in [0.1, 0.15) is 38.7 Å². The third-order valence-electron chi connectivity index (χ3n) is 3.42. The smallest absolute Gasteiger partial charge is 0.0610 e. The van der Waals surface area contributed by atoms with E-state index in [1.54, 1.807) is 0 Å². The van der Waals surface area contributed by atoms with Gasteiger partial charge in [-0.2, -0.15) is 0 Å². The number of aryl methyl sites for hydroxylation is 1. The van der Waals surface area contributed by atoms with Crippen LogP contribution in [0.5, 0.6) is 0 Å². The molecule has 0 saturated carbocycles. The number of nitrogens with one attached hydrogen (secondary N) is 1. The van der Waals surface area contributed by atoms with E-state index in [4.69, 9.17) is 0 Å². The number of aliphatic hydroxyl groups is 1. The fraction of sp³-hybridized carbons (Fsp3) is 0.600. The van der Waals surface area contributed by atoms with Crippen molar-refractivity contribution in [1.82, 2.24) is 5.32 Å². The molecular formula is C15H25NO. The molecule has 0 bridgehead atoms. The molecule has 1 aromatic carbocycles. The van der Waals surface area contributed by atoms with Crippen molar-refractivity contribution in [3.63, 3.8) is 0 Å². The molecule has 0 spiro atoms. The van der Waals surface area contributed by atoms with Crippen LogP contribution >= 0.6 is 0 Å². The lowest BCUT2D eigenvalue weighted by Gasteiger charge is -2.27. The second-order valence-electron chi connectivity index (χ2n) is 4.94. The summed E-state index contributed by atoms with van der Waals surface area (Å²) in [7, 11) is 0. The summed E-state index contributed by atoms with van der Waals surface area (Å²) in [6.45, 7) is 5.37. The Hall–Kier alpha value is -0.860. The number of aliphatic hydroxyl groups excluding tert-OH is 1. The van der Waals surface area contributed by atoms with Gasteiger partial charge in [-0.3, -0.25) is 0 Å². The molecule has 1 aromatic rings. The average molecular weight is 235 g/mol. The van der Waals surface area contributed by atoms with Gasteiger partial charge < -0.3 is 10.4 Å². The van der Waals surface area contributed by atoms with Gasteiger partial charge in [0.15, 0.2) is 0 Å². The summed E-state index contributed by atoms with van der Waals surface area (Å²) < 4.78 is 0. The lowest BCUT2D eigenvalue weighted by atomic mass is 10.00. The van der Waals surface area contributed by atoms with E-state index in [0.29, 0.717) is 0 Å². The van der Waals surface area contributed by atoms with Crippen LogP contribution in [0, 0.1) is 0 Å². The van der Waals surface area contributed by atoms with Crippen LogP contribution in [-0.2, 0) is 6.42 Å². The Morgan fingerprint density at radius 3 is 2.47 bits per heavy atom. The van der Waals surface area contributed by atoms with Crippen molar-refractivity contribution in [1.29, 1.82) is 0 Å². The van der Waals surface area contributed by atoms with E-state index in [2.05, 4.69) is 49.5 Å². The molecule has 0 aromatic heterocycles. The molecule has 1 unspecified atom stereocenters.